The highest BCUT2D eigenvalue weighted by Gasteiger charge is 2.83. The van der Waals surface area contributed by atoms with Crippen LogP contribution in [-0.2, 0) is 21.0 Å². The molecule has 0 atom stereocenters. The van der Waals surface area contributed by atoms with Gasteiger partial charge < -0.3 is 4.55 Å². The van der Waals surface area contributed by atoms with Crippen molar-refractivity contribution in [2.24, 2.45) is 0 Å². The molecule has 0 radical (unpaired) electrons. The molecule has 0 N–H and O–H groups in total. The van der Waals surface area contributed by atoms with Crippen LogP contribution in [0.25, 0.3) is 0 Å². The third-order valence-corrected chi connectivity index (χ3v) is 7.62. The van der Waals surface area contributed by atoms with Crippen molar-refractivity contribution in [3.8, 4) is 0 Å². The normalized spacial score (nSPS) is 13.2. The molecular formula is C22H13F11O3S2. The standard InChI is InChI=1S/C18H13F2S.C4HF9O3S/c19-14-6-10-17(11-7-14)21(16-4-2-1-3-5-16)18-12-8-15(20)9-13-18;5-1(6,3(9,10)11)2(7,8)4(12,13)17(14,15)16/h1-13H;(H,14,15,16)/q+1;/p-1. The number of halogens is 11. The average Bonchev–Trinajstić information content (AvgIpc) is 2.81. The highest BCUT2D eigenvalue weighted by molar-refractivity contribution is 7.97. The molecule has 0 heterocycles. The summed E-state index contributed by atoms with van der Waals surface area (Å²) in [6.45, 7) is 0. The van der Waals surface area contributed by atoms with Crippen molar-refractivity contribution in [1.82, 2.24) is 0 Å². The molecule has 0 bridgehead atoms. The minimum atomic E-state index is -7.43. The second kappa shape index (κ2) is 11.1. The topological polar surface area (TPSA) is 57.2 Å². The Balaban J connectivity index is 0.000000275. The lowest BCUT2D eigenvalue weighted by molar-refractivity contribution is -0.382. The van der Waals surface area contributed by atoms with E-state index in [1.807, 2.05) is 30.3 Å². The van der Waals surface area contributed by atoms with Gasteiger partial charge in [-0.3, -0.25) is 0 Å². The average molecular weight is 598 g/mol. The van der Waals surface area contributed by atoms with Crippen LogP contribution >= 0.6 is 0 Å². The fourth-order valence-corrected chi connectivity index (χ4v) is 5.13. The van der Waals surface area contributed by atoms with Crippen LogP contribution in [0.2, 0.25) is 0 Å². The van der Waals surface area contributed by atoms with E-state index in [4.69, 9.17) is 0 Å². The van der Waals surface area contributed by atoms with Crippen LogP contribution in [0.4, 0.5) is 48.3 Å². The van der Waals surface area contributed by atoms with Gasteiger partial charge in [-0.25, -0.2) is 17.2 Å². The van der Waals surface area contributed by atoms with E-state index in [9.17, 15) is 61.3 Å². The van der Waals surface area contributed by atoms with Crippen LogP contribution in [-0.4, -0.2) is 36.2 Å². The Morgan fingerprint density at radius 3 is 1.21 bits per heavy atom. The number of hydrogen-bond donors (Lipinski definition) is 0. The van der Waals surface area contributed by atoms with E-state index in [1.165, 1.54) is 24.3 Å². The lowest BCUT2D eigenvalue weighted by Gasteiger charge is -2.34. The van der Waals surface area contributed by atoms with Crippen molar-refractivity contribution < 1.29 is 61.3 Å². The van der Waals surface area contributed by atoms with Gasteiger partial charge in [-0.05, 0) is 60.7 Å². The first kappa shape index (κ1) is 31.4. The van der Waals surface area contributed by atoms with Crippen LogP contribution in [0, 0.1) is 11.6 Å². The summed E-state index contributed by atoms with van der Waals surface area (Å²) in [7, 11) is -7.78. The summed E-state index contributed by atoms with van der Waals surface area (Å²) in [5.41, 5.74) is 0. The van der Waals surface area contributed by atoms with E-state index in [0.717, 1.165) is 14.7 Å². The van der Waals surface area contributed by atoms with Crippen LogP contribution < -0.4 is 0 Å². The van der Waals surface area contributed by atoms with Crippen molar-refractivity contribution in [2.45, 2.75) is 38.0 Å². The van der Waals surface area contributed by atoms with E-state index in [-0.39, 0.29) is 22.5 Å². The Morgan fingerprint density at radius 2 is 0.895 bits per heavy atom. The summed E-state index contributed by atoms with van der Waals surface area (Å²) in [5.74, 6) is -15.3. The molecule has 3 aromatic rings. The maximum Gasteiger partial charge on any atom is 0.460 e. The monoisotopic (exact) mass is 598 g/mol. The molecule has 0 saturated heterocycles. The van der Waals surface area contributed by atoms with Crippen molar-refractivity contribution in [2.75, 3.05) is 0 Å². The Kier molecular flexibility index (Phi) is 9.16. The quantitative estimate of drug-likeness (QED) is 0.174. The summed E-state index contributed by atoms with van der Waals surface area (Å²) in [4.78, 5) is 3.14. The Morgan fingerprint density at radius 1 is 0.553 bits per heavy atom. The van der Waals surface area contributed by atoms with E-state index in [2.05, 4.69) is 0 Å². The molecule has 0 saturated carbocycles. The van der Waals surface area contributed by atoms with Gasteiger partial charge in [0.2, 0.25) is 0 Å². The van der Waals surface area contributed by atoms with Crippen LogP contribution in [0.15, 0.2) is 93.5 Å². The maximum atomic E-state index is 13.2. The lowest BCUT2D eigenvalue weighted by Crippen LogP contribution is -2.63. The Hall–Kier alpha value is -2.85. The van der Waals surface area contributed by atoms with Gasteiger partial charge in [0.25, 0.3) is 0 Å². The van der Waals surface area contributed by atoms with Crippen molar-refractivity contribution >= 4 is 21.0 Å². The smallest absolute Gasteiger partial charge is 0.460 e. The van der Waals surface area contributed by atoms with E-state index >= 15 is 0 Å². The van der Waals surface area contributed by atoms with Gasteiger partial charge in [-0.15, -0.1) is 0 Å². The van der Waals surface area contributed by atoms with Crippen LogP contribution in [0.1, 0.15) is 0 Å². The molecule has 0 aromatic heterocycles. The summed E-state index contributed by atoms with van der Waals surface area (Å²) >= 11 is 0. The van der Waals surface area contributed by atoms with Gasteiger partial charge in [0.1, 0.15) is 11.6 Å². The number of alkyl halides is 9. The predicted octanol–water partition coefficient (Wildman–Crippen LogP) is 7.02. The first-order valence-electron chi connectivity index (χ1n) is 9.70. The zero-order chi connectivity index (χ0) is 29.2. The summed E-state index contributed by atoms with van der Waals surface area (Å²) in [6, 6.07) is 23.0. The molecule has 0 spiro atoms. The van der Waals surface area contributed by atoms with Crippen molar-refractivity contribution in [1.29, 1.82) is 0 Å². The van der Waals surface area contributed by atoms with Gasteiger partial charge in [0.05, 0.1) is 10.9 Å². The zero-order valence-electron chi connectivity index (χ0n) is 18.2. The highest BCUT2D eigenvalue weighted by Crippen LogP contribution is 2.54. The largest absolute Gasteiger partial charge is 0.743 e. The van der Waals surface area contributed by atoms with Crippen molar-refractivity contribution in [3.05, 3.63) is 90.5 Å². The Labute approximate surface area is 211 Å². The van der Waals surface area contributed by atoms with Gasteiger partial charge in [-0.1, -0.05) is 18.2 Å². The SMILES string of the molecule is Fc1ccc([S+](c2ccccc2)c2ccc(F)cc2)cc1.O=S(=O)([O-])C(F)(F)C(F)(F)C(F)(F)C(F)(F)F. The molecule has 0 aliphatic rings. The molecule has 0 unspecified atom stereocenters. The predicted molar refractivity (Wildman–Crippen MR) is 112 cm³/mol. The fourth-order valence-electron chi connectivity index (χ4n) is 2.62. The molecule has 0 fully saturated rings. The van der Waals surface area contributed by atoms with E-state index < -0.39 is 33.4 Å². The van der Waals surface area contributed by atoms with Gasteiger partial charge in [0.15, 0.2) is 24.8 Å². The van der Waals surface area contributed by atoms with Crippen LogP contribution in [0.3, 0.4) is 0 Å². The number of rotatable bonds is 6. The maximum absolute atomic E-state index is 13.2. The number of hydrogen-bond acceptors (Lipinski definition) is 3. The zero-order valence-corrected chi connectivity index (χ0v) is 19.8. The van der Waals surface area contributed by atoms with Crippen molar-refractivity contribution in [3.63, 3.8) is 0 Å². The third kappa shape index (κ3) is 6.40. The molecule has 0 amide bonds. The lowest BCUT2D eigenvalue weighted by atomic mass is 10.1. The molecule has 38 heavy (non-hydrogen) atoms. The Bertz CT molecular complexity index is 1270. The molecule has 3 aromatic carbocycles. The summed E-state index contributed by atoms with van der Waals surface area (Å²) in [6.07, 6.45) is -7.16. The molecule has 16 heteroatoms. The van der Waals surface area contributed by atoms with E-state index in [0.29, 0.717) is 0 Å². The highest BCUT2D eigenvalue weighted by atomic mass is 32.2. The second-order valence-corrected chi connectivity index (χ2v) is 10.6. The van der Waals surface area contributed by atoms with Crippen LogP contribution in [0.5, 0.6) is 0 Å². The summed E-state index contributed by atoms with van der Waals surface area (Å²) in [5, 5.41) is -7.11. The molecule has 0 aliphatic heterocycles. The fraction of sp³-hybridized carbons (Fsp3) is 0.182. The molecule has 3 nitrogen and oxygen atoms in total. The summed E-state index contributed by atoms with van der Waals surface area (Å²) < 4.78 is 162. The molecule has 0 aliphatic carbocycles. The van der Waals surface area contributed by atoms with Gasteiger partial charge in [-0.2, -0.15) is 39.5 Å². The third-order valence-electron chi connectivity index (χ3n) is 4.51. The number of benzene rings is 3. The van der Waals surface area contributed by atoms with Gasteiger partial charge >= 0.3 is 23.3 Å². The van der Waals surface area contributed by atoms with Gasteiger partial charge in [0, 0.05) is 0 Å². The first-order chi connectivity index (χ1) is 17.2. The second-order valence-electron chi connectivity index (χ2n) is 7.14. The van der Waals surface area contributed by atoms with E-state index in [1.54, 1.807) is 24.3 Å². The molecule has 3 rings (SSSR count). The molecular weight excluding hydrogens is 585 g/mol. The molecule has 208 valence electrons. The minimum absolute atomic E-state index is 0.255. The minimum Gasteiger partial charge on any atom is -0.743 e. The first-order valence-corrected chi connectivity index (χ1v) is 12.3.